The van der Waals surface area contributed by atoms with E-state index in [1.165, 1.54) is 11.3 Å². The Morgan fingerprint density at radius 1 is 1.27 bits per heavy atom. The van der Waals surface area contributed by atoms with Crippen LogP contribution in [0.3, 0.4) is 0 Å². The van der Waals surface area contributed by atoms with Crippen LogP contribution in [0.15, 0.2) is 52.4 Å². The fourth-order valence-corrected chi connectivity index (χ4v) is 3.83. The summed E-state index contributed by atoms with van der Waals surface area (Å²) in [5.74, 6) is 0.114. The van der Waals surface area contributed by atoms with Gasteiger partial charge in [-0.2, -0.15) is 0 Å². The van der Waals surface area contributed by atoms with Gasteiger partial charge in [0.1, 0.15) is 5.69 Å². The van der Waals surface area contributed by atoms with E-state index in [2.05, 4.69) is 10.5 Å². The summed E-state index contributed by atoms with van der Waals surface area (Å²) in [4.78, 5) is 27.1. The highest BCUT2D eigenvalue weighted by atomic mass is 35.5. The van der Waals surface area contributed by atoms with Crippen molar-refractivity contribution >= 4 is 34.9 Å². The molecule has 0 radical (unpaired) electrons. The highest BCUT2D eigenvalue weighted by Gasteiger charge is 2.49. The van der Waals surface area contributed by atoms with E-state index in [1.807, 2.05) is 29.6 Å². The van der Waals surface area contributed by atoms with E-state index in [9.17, 15) is 9.59 Å². The topological polar surface area (TPSA) is 75.4 Å². The predicted octanol–water partition coefficient (Wildman–Crippen LogP) is 4.02. The van der Waals surface area contributed by atoms with Crippen LogP contribution in [0.4, 0.5) is 4.79 Å². The van der Waals surface area contributed by atoms with E-state index < -0.39 is 11.6 Å². The van der Waals surface area contributed by atoms with Crippen LogP contribution in [0.25, 0.3) is 11.3 Å². The van der Waals surface area contributed by atoms with E-state index in [-0.39, 0.29) is 12.5 Å². The van der Waals surface area contributed by atoms with Gasteiger partial charge in [0.2, 0.25) is 0 Å². The first-order chi connectivity index (χ1) is 12.5. The number of nitrogens with one attached hydrogen (secondary N) is 1. The first-order valence-electron chi connectivity index (χ1n) is 7.87. The quantitative estimate of drug-likeness (QED) is 0.686. The summed E-state index contributed by atoms with van der Waals surface area (Å²) >= 11 is 7.31. The predicted molar refractivity (Wildman–Crippen MR) is 97.7 cm³/mol. The number of imide groups is 1. The zero-order valence-electron chi connectivity index (χ0n) is 13.7. The Kier molecular flexibility index (Phi) is 4.05. The number of nitrogens with zero attached hydrogens (tertiary/aromatic N) is 2. The minimum absolute atomic E-state index is 0.0201. The Balaban J connectivity index is 1.55. The summed E-state index contributed by atoms with van der Waals surface area (Å²) in [5, 5.41) is 9.28. The summed E-state index contributed by atoms with van der Waals surface area (Å²) in [7, 11) is 0. The van der Waals surface area contributed by atoms with E-state index in [0.717, 1.165) is 15.3 Å². The van der Waals surface area contributed by atoms with Crippen molar-refractivity contribution < 1.29 is 14.1 Å². The van der Waals surface area contributed by atoms with Crippen molar-refractivity contribution in [2.75, 3.05) is 0 Å². The molecule has 132 valence electrons. The van der Waals surface area contributed by atoms with Gasteiger partial charge in [-0.15, -0.1) is 11.3 Å². The van der Waals surface area contributed by atoms with Gasteiger partial charge in [-0.05, 0) is 30.5 Å². The van der Waals surface area contributed by atoms with Crippen molar-refractivity contribution in [3.63, 3.8) is 0 Å². The second-order valence-corrected chi connectivity index (χ2v) is 7.49. The number of hydrogen-bond acceptors (Lipinski definition) is 5. The Labute approximate surface area is 158 Å². The Bertz CT molecular complexity index is 968. The van der Waals surface area contributed by atoms with Crippen LogP contribution >= 0.6 is 22.9 Å². The molecule has 0 saturated carbocycles. The molecule has 0 spiro atoms. The van der Waals surface area contributed by atoms with Gasteiger partial charge >= 0.3 is 6.03 Å². The normalized spacial score (nSPS) is 19.8. The molecular formula is C18H14ClN3O3S. The van der Waals surface area contributed by atoms with Crippen LogP contribution in [0, 0.1) is 0 Å². The summed E-state index contributed by atoms with van der Waals surface area (Å²) in [6.45, 7) is 1.73. The molecular weight excluding hydrogens is 374 g/mol. The molecule has 1 unspecified atom stereocenters. The number of amides is 3. The summed E-state index contributed by atoms with van der Waals surface area (Å²) in [5.41, 5.74) is 0.402. The van der Waals surface area contributed by atoms with Crippen LogP contribution in [-0.2, 0) is 16.9 Å². The molecule has 1 aliphatic rings. The highest BCUT2D eigenvalue weighted by Crippen LogP contribution is 2.33. The molecule has 2 aromatic heterocycles. The van der Waals surface area contributed by atoms with Crippen molar-refractivity contribution in [1.29, 1.82) is 0 Å². The Morgan fingerprint density at radius 2 is 2.04 bits per heavy atom. The molecule has 1 aromatic carbocycles. The molecule has 3 amide bonds. The zero-order chi connectivity index (χ0) is 18.3. The Hall–Kier alpha value is -2.64. The zero-order valence-corrected chi connectivity index (χ0v) is 15.3. The van der Waals surface area contributed by atoms with Gasteiger partial charge in [0, 0.05) is 21.5 Å². The fraction of sp³-hybridized carbons (Fsp3) is 0.167. The smallest absolute Gasteiger partial charge is 0.325 e. The SMILES string of the molecule is CC1(c2cccs2)NC(=O)N(Cc2cc(-c3ccc(Cl)cc3)no2)C1=O. The average Bonchev–Trinajstić information content (AvgIpc) is 3.34. The average molecular weight is 388 g/mol. The molecule has 4 rings (SSSR count). The van der Waals surface area contributed by atoms with Gasteiger partial charge in [0.05, 0.1) is 6.54 Å². The highest BCUT2D eigenvalue weighted by molar-refractivity contribution is 7.10. The number of carbonyl (C=O) groups is 2. The third-order valence-electron chi connectivity index (χ3n) is 4.30. The minimum Gasteiger partial charge on any atom is -0.359 e. The molecule has 1 N–H and O–H groups in total. The third kappa shape index (κ3) is 2.79. The number of urea groups is 1. The van der Waals surface area contributed by atoms with Crippen molar-refractivity contribution in [1.82, 2.24) is 15.4 Å². The second-order valence-electron chi connectivity index (χ2n) is 6.11. The minimum atomic E-state index is -1.05. The monoisotopic (exact) mass is 387 g/mol. The van der Waals surface area contributed by atoms with Crippen molar-refractivity contribution in [3.05, 3.63) is 63.5 Å². The number of hydrogen-bond donors (Lipinski definition) is 1. The maximum Gasteiger partial charge on any atom is 0.325 e. The van der Waals surface area contributed by atoms with Gasteiger partial charge < -0.3 is 9.84 Å². The Morgan fingerprint density at radius 3 is 2.73 bits per heavy atom. The lowest BCUT2D eigenvalue weighted by Crippen LogP contribution is -2.40. The first-order valence-corrected chi connectivity index (χ1v) is 9.13. The number of aromatic nitrogens is 1. The molecule has 3 heterocycles. The number of thiophene rings is 1. The van der Waals surface area contributed by atoms with Crippen molar-refractivity contribution in [3.8, 4) is 11.3 Å². The number of carbonyl (C=O) groups excluding carboxylic acids is 2. The summed E-state index contributed by atoms with van der Waals surface area (Å²) in [6.07, 6.45) is 0. The molecule has 6 nitrogen and oxygen atoms in total. The van der Waals surface area contributed by atoms with Crippen LogP contribution in [0.1, 0.15) is 17.6 Å². The van der Waals surface area contributed by atoms with Crippen LogP contribution in [0.5, 0.6) is 0 Å². The molecule has 1 fully saturated rings. The molecule has 1 atom stereocenters. The summed E-state index contributed by atoms with van der Waals surface area (Å²) in [6, 6.07) is 12.1. The van der Waals surface area contributed by atoms with Crippen molar-refractivity contribution in [2.45, 2.75) is 19.0 Å². The first kappa shape index (κ1) is 16.8. The number of halogens is 1. The van der Waals surface area contributed by atoms with E-state index in [1.54, 1.807) is 25.1 Å². The number of rotatable bonds is 4. The molecule has 3 aromatic rings. The van der Waals surface area contributed by atoms with Gasteiger partial charge in [0.15, 0.2) is 11.3 Å². The molecule has 26 heavy (non-hydrogen) atoms. The summed E-state index contributed by atoms with van der Waals surface area (Å²) < 4.78 is 5.31. The standard InChI is InChI=1S/C18H14ClN3O3S/c1-18(15-3-2-8-26-15)16(23)22(17(24)20-18)10-13-9-14(21-25-13)11-4-6-12(19)7-5-11/h2-9H,10H2,1H3,(H,20,24). The molecule has 8 heteroatoms. The molecule has 1 saturated heterocycles. The second kappa shape index (κ2) is 6.26. The van der Waals surface area contributed by atoms with Crippen LogP contribution < -0.4 is 5.32 Å². The van der Waals surface area contributed by atoms with Crippen LogP contribution in [-0.4, -0.2) is 22.0 Å². The molecule has 1 aliphatic heterocycles. The van der Waals surface area contributed by atoms with E-state index in [4.69, 9.17) is 16.1 Å². The lowest BCUT2D eigenvalue weighted by molar-refractivity contribution is -0.131. The number of benzene rings is 1. The third-order valence-corrected chi connectivity index (χ3v) is 5.65. The van der Waals surface area contributed by atoms with Crippen LogP contribution in [0.2, 0.25) is 5.02 Å². The maximum atomic E-state index is 12.8. The van der Waals surface area contributed by atoms with E-state index >= 15 is 0 Å². The van der Waals surface area contributed by atoms with Gasteiger partial charge in [-0.25, -0.2) is 4.79 Å². The maximum absolute atomic E-state index is 12.8. The van der Waals surface area contributed by atoms with Gasteiger partial charge in [-0.1, -0.05) is 35.0 Å². The molecule has 0 aliphatic carbocycles. The van der Waals surface area contributed by atoms with Gasteiger partial charge in [0.25, 0.3) is 5.91 Å². The van der Waals surface area contributed by atoms with E-state index in [0.29, 0.717) is 16.5 Å². The van der Waals surface area contributed by atoms with Gasteiger partial charge in [-0.3, -0.25) is 9.69 Å². The largest absolute Gasteiger partial charge is 0.359 e. The molecule has 0 bridgehead atoms. The van der Waals surface area contributed by atoms with Crippen molar-refractivity contribution in [2.24, 2.45) is 0 Å². The lowest BCUT2D eigenvalue weighted by Gasteiger charge is -2.19. The fourth-order valence-electron chi connectivity index (χ4n) is 2.87. The lowest BCUT2D eigenvalue weighted by atomic mass is 10.0.